The molecule has 0 bridgehead atoms. The number of ether oxygens (including phenoxy) is 1. The molecule has 1 aromatic rings. The molecule has 1 fully saturated rings. The number of aryl methyl sites for hydroxylation is 1. The molecule has 1 N–H and O–H groups in total. The third-order valence-corrected chi connectivity index (χ3v) is 4.12. The van der Waals surface area contributed by atoms with Gasteiger partial charge in [-0.1, -0.05) is 0 Å². The van der Waals surface area contributed by atoms with E-state index in [1.807, 2.05) is 6.92 Å². The molecule has 0 aromatic heterocycles. The van der Waals surface area contributed by atoms with Gasteiger partial charge in [-0.25, -0.2) is 4.39 Å². The van der Waals surface area contributed by atoms with Gasteiger partial charge in [-0.15, -0.1) is 0 Å². The number of nitrogens with one attached hydrogen (secondary N) is 1. The summed E-state index contributed by atoms with van der Waals surface area (Å²) in [5.74, 6) is 0.586. The Labute approximate surface area is 110 Å². The lowest BCUT2D eigenvalue weighted by atomic mass is 10.0. The second-order valence-corrected chi connectivity index (χ2v) is 5.29. The maximum atomic E-state index is 13.7. The summed E-state index contributed by atoms with van der Waals surface area (Å²) in [6.45, 7) is 2.93. The quantitative estimate of drug-likeness (QED) is 0.926. The highest BCUT2D eigenvalue weighted by Crippen LogP contribution is 2.34. The standard InChI is InChI=1S/C13H17BrFNO/c1-8-6-11(15)12(14)10(13(8)17-2)7-9-4-3-5-16-9/h6,9,16H,3-5,7H2,1-2H3. The second-order valence-electron chi connectivity index (χ2n) is 4.50. The molecule has 1 saturated heterocycles. The van der Waals surface area contributed by atoms with E-state index in [1.54, 1.807) is 7.11 Å². The summed E-state index contributed by atoms with van der Waals surface area (Å²) < 4.78 is 19.6. The maximum absolute atomic E-state index is 13.7. The first-order valence-corrected chi connectivity index (χ1v) is 6.67. The Morgan fingerprint density at radius 3 is 2.94 bits per heavy atom. The van der Waals surface area contributed by atoms with Crippen LogP contribution in [0.15, 0.2) is 10.5 Å². The number of benzene rings is 1. The van der Waals surface area contributed by atoms with Crippen molar-refractivity contribution in [3.05, 3.63) is 27.5 Å². The molecule has 1 unspecified atom stereocenters. The Kier molecular flexibility index (Phi) is 4.05. The van der Waals surface area contributed by atoms with Gasteiger partial charge in [-0.2, -0.15) is 0 Å². The van der Waals surface area contributed by atoms with E-state index in [9.17, 15) is 4.39 Å². The van der Waals surface area contributed by atoms with E-state index >= 15 is 0 Å². The minimum absolute atomic E-state index is 0.212. The Morgan fingerprint density at radius 2 is 2.35 bits per heavy atom. The van der Waals surface area contributed by atoms with E-state index in [-0.39, 0.29) is 5.82 Å². The number of methoxy groups -OCH3 is 1. The van der Waals surface area contributed by atoms with Crippen molar-refractivity contribution in [2.75, 3.05) is 13.7 Å². The summed E-state index contributed by atoms with van der Waals surface area (Å²) in [6, 6.07) is 1.94. The van der Waals surface area contributed by atoms with Crippen molar-refractivity contribution >= 4 is 15.9 Å². The van der Waals surface area contributed by atoms with Crippen molar-refractivity contribution in [3.8, 4) is 5.75 Å². The molecule has 17 heavy (non-hydrogen) atoms. The van der Waals surface area contributed by atoms with Gasteiger partial charge in [0.1, 0.15) is 11.6 Å². The molecule has 0 radical (unpaired) electrons. The molecule has 0 spiro atoms. The molecule has 1 atom stereocenters. The molecular formula is C13H17BrFNO. The van der Waals surface area contributed by atoms with E-state index in [0.29, 0.717) is 10.5 Å². The van der Waals surface area contributed by atoms with E-state index in [4.69, 9.17) is 4.74 Å². The molecule has 1 heterocycles. The predicted molar refractivity (Wildman–Crippen MR) is 70.1 cm³/mol. The molecule has 94 valence electrons. The van der Waals surface area contributed by atoms with Crippen LogP contribution in [0.5, 0.6) is 5.75 Å². The number of halogens is 2. The van der Waals surface area contributed by atoms with Crippen molar-refractivity contribution in [2.24, 2.45) is 0 Å². The topological polar surface area (TPSA) is 21.3 Å². The van der Waals surface area contributed by atoms with Crippen LogP contribution < -0.4 is 10.1 Å². The van der Waals surface area contributed by atoms with Crippen LogP contribution >= 0.6 is 15.9 Å². The lowest BCUT2D eigenvalue weighted by Gasteiger charge is -2.17. The van der Waals surface area contributed by atoms with Crippen molar-refractivity contribution < 1.29 is 9.13 Å². The van der Waals surface area contributed by atoms with Gasteiger partial charge in [-0.05, 0) is 60.3 Å². The summed E-state index contributed by atoms with van der Waals surface area (Å²) in [5, 5.41) is 3.42. The van der Waals surface area contributed by atoms with Crippen LogP contribution in [0.1, 0.15) is 24.0 Å². The molecular weight excluding hydrogens is 285 g/mol. The zero-order chi connectivity index (χ0) is 12.4. The van der Waals surface area contributed by atoms with Crippen molar-refractivity contribution in [1.29, 1.82) is 0 Å². The zero-order valence-corrected chi connectivity index (χ0v) is 11.7. The third-order valence-electron chi connectivity index (χ3n) is 3.27. The molecule has 1 aliphatic heterocycles. The Balaban J connectivity index is 2.35. The SMILES string of the molecule is COc1c(C)cc(F)c(Br)c1CC1CCCN1. The normalized spacial score (nSPS) is 19.6. The van der Waals surface area contributed by atoms with Crippen LogP contribution in [0.2, 0.25) is 0 Å². The van der Waals surface area contributed by atoms with Crippen LogP contribution in [0.3, 0.4) is 0 Å². The first kappa shape index (κ1) is 12.8. The van der Waals surface area contributed by atoms with Gasteiger partial charge < -0.3 is 10.1 Å². The van der Waals surface area contributed by atoms with Crippen LogP contribution in [0.25, 0.3) is 0 Å². The fourth-order valence-corrected chi connectivity index (χ4v) is 2.90. The minimum atomic E-state index is -0.212. The van der Waals surface area contributed by atoms with E-state index in [1.165, 1.54) is 12.5 Å². The molecule has 4 heteroatoms. The Bertz CT molecular complexity index is 416. The largest absolute Gasteiger partial charge is 0.496 e. The summed E-state index contributed by atoms with van der Waals surface area (Å²) in [4.78, 5) is 0. The highest BCUT2D eigenvalue weighted by molar-refractivity contribution is 9.10. The van der Waals surface area contributed by atoms with Gasteiger partial charge in [0.05, 0.1) is 11.6 Å². The van der Waals surface area contributed by atoms with E-state index in [0.717, 1.165) is 36.3 Å². The first-order chi connectivity index (χ1) is 8.13. The van der Waals surface area contributed by atoms with E-state index in [2.05, 4.69) is 21.2 Å². The smallest absolute Gasteiger partial charge is 0.138 e. The Morgan fingerprint density at radius 1 is 1.59 bits per heavy atom. The van der Waals surface area contributed by atoms with Gasteiger partial charge in [-0.3, -0.25) is 0 Å². The molecule has 1 aromatic carbocycles. The van der Waals surface area contributed by atoms with Gasteiger partial charge in [0.15, 0.2) is 0 Å². The molecule has 1 aliphatic rings. The fraction of sp³-hybridized carbons (Fsp3) is 0.538. The van der Waals surface area contributed by atoms with E-state index < -0.39 is 0 Å². The van der Waals surface area contributed by atoms with Crippen LogP contribution in [-0.4, -0.2) is 19.7 Å². The van der Waals surface area contributed by atoms with Gasteiger partial charge in [0, 0.05) is 11.6 Å². The second kappa shape index (κ2) is 5.36. The first-order valence-electron chi connectivity index (χ1n) is 5.88. The molecule has 0 amide bonds. The number of hydrogen-bond donors (Lipinski definition) is 1. The molecule has 0 saturated carbocycles. The third kappa shape index (κ3) is 2.63. The number of rotatable bonds is 3. The van der Waals surface area contributed by atoms with Crippen LogP contribution in [0, 0.1) is 12.7 Å². The minimum Gasteiger partial charge on any atom is -0.496 e. The highest BCUT2D eigenvalue weighted by Gasteiger charge is 2.21. The van der Waals surface area contributed by atoms with Crippen molar-refractivity contribution in [1.82, 2.24) is 5.32 Å². The summed E-state index contributed by atoms with van der Waals surface area (Å²) >= 11 is 3.33. The van der Waals surface area contributed by atoms with Gasteiger partial charge in [0.2, 0.25) is 0 Å². The van der Waals surface area contributed by atoms with Gasteiger partial charge in [0.25, 0.3) is 0 Å². The zero-order valence-electron chi connectivity index (χ0n) is 10.1. The highest BCUT2D eigenvalue weighted by atomic mass is 79.9. The van der Waals surface area contributed by atoms with Crippen LogP contribution in [-0.2, 0) is 6.42 Å². The fourth-order valence-electron chi connectivity index (χ4n) is 2.44. The Hall–Kier alpha value is -0.610. The lowest BCUT2D eigenvalue weighted by Crippen LogP contribution is -2.24. The van der Waals surface area contributed by atoms with Crippen molar-refractivity contribution in [3.63, 3.8) is 0 Å². The molecule has 0 aliphatic carbocycles. The van der Waals surface area contributed by atoms with Crippen molar-refractivity contribution in [2.45, 2.75) is 32.2 Å². The summed E-state index contributed by atoms with van der Waals surface area (Å²) in [6.07, 6.45) is 3.15. The van der Waals surface area contributed by atoms with Crippen LogP contribution in [0.4, 0.5) is 4.39 Å². The summed E-state index contributed by atoms with van der Waals surface area (Å²) in [7, 11) is 1.64. The average molecular weight is 302 g/mol. The average Bonchev–Trinajstić information content (AvgIpc) is 2.78. The molecule has 2 rings (SSSR count). The number of hydrogen-bond acceptors (Lipinski definition) is 2. The lowest BCUT2D eigenvalue weighted by molar-refractivity contribution is 0.401. The summed E-state index contributed by atoms with van der Waals surface area (Å²) in [5.41, 5.74) is 1.78. The predicted octanol–water partition coefficient (Wildman–Crippen LogP) is 3.20. The van der Waals surface area contributed by atoms with Gasteiger partial charge >= 0.3 is 0 Å². The monoisotopic (exact) mass is 301 g/mol. The molecule has 2 nitrogen and oxygen atoms in total. The maximum Gasteiger partial charge on any atom is 0.138 e.